The van der Waals surface area contributed by atoms with Gasteiger partial charge in [0.1, 0.15) is 9.68 Å². The van der Waals surface area contributed by atoms with Gasteiger partial charge < -0.3 is 4.57 Å². The summed E-state index contributed by atoms with van der Waals surface area (Å²) < 4.78 is 2.55. The number of benzene rings is 1. The Hall–Kier alpha value is -0.863. The minimum atomic E-state index is -0.234. The second kappa shape index (κ2) is 5.88. The molecule has 0 unspecified atom stereocenters. The quantitative estimate of drug-likeness (QED) is 0.682. The van der Waals surface area contributed by atoms with Crippen molar-refractivity contribution in [2.45, 2.75) is 20.8 Å². The van der Waals surface area contributed by atoms with Gasteiger partial charge in [-0.1, -0.05) is 50.3 Å². The fourth-order valence-electron chi connectivity index (χ4n) is 1.60. The third kappa shape index (κ3) is 3.65. The maximum atomic E-state index is 3.95. The van der Waals surface area contributed by atoms with Crippen LogP contribution in [0.15, 0.2) is 30.8 Å². The molecular weight excluding hydrogens is 198 g/mol. The average molecular weight is 219 g/mol. The van der Waals surface area contributed by atoms with Crippen LogP contribution in [-0.2, 0) is 0 Å². The number of allylic oxidation sites excluding steroid dienone is 1. The van der Waals surface area contributed by atoms with Crippen LogP contribution < -0.4 is 5.19 Å². The zero-order valence-electron chi connectivity index (χ0n) is 10.1. The fourth-order valence-corrected chi connectivity index (χ4v) is 3.01. The van der Waals surface area contributed by atoms with Crippen LogP contribution in [0, 0.1) is 0 Å². The molecule has 0 heterocycles. The van der Waals surface area contributed by atoms with E-state index >= 15 is 0 Å². The van der Waals surface area contributed by atoms with E-state index in [1.165, 1.54) is 23.8 Å². The maximum Gasteiger partial charge on any atom is 0.127 e. The summed E-state index contributed by atoms with van der Waals surface area (Å²) in [6, 6.07) is 8.89. The molecule has 0 saturated heterocycles. The highest BCUT2D eigenvalue weighted by molar-refractivity contribution is 6.50. The van der Waals surface area contributed by atoms with Crippen molar-refractivity contribution in [3.63, 3.8) is 0 Å². The molecule has 0 aliphatic rings. The molecule has 0 fully saturated rings. The first-order valence-corrected chi connectivity index (χ1v) is 6.98. The van der Waals surface area contributed by atoms with E-state index in [1.807, 2.05) is 0 Å². The number of hydrogen-bond acceptors (Lipinski definition) is 1. The predicted molar refractivity (Wildman–Crippen MR) is 72.2 cm³/mol. The molecular formula is C13H21NSi. The van der Waals surface area contributed by atoms with Gasteiger partial charge in [-0.3, -0.25) is 0 Å². The van der Waals surface area contributed by atoms with Crippen molar-refractivity contribution >= 4 is 20.4 Å². The molecule has 0 aromatic heterocycles. The summed E-state index contributed by atoms with van der Waals surface area (Å²) in [6.45, 7) is 12.8. The van der Waals surface area contributed by atoms with Crippen LogP contribution in [0.4, 0.5) is 0 Å². The Morgan fingerprint density at radius 1 is 1.20 bits per heavy atom. The number of rotatable bonds is 5. The van der Waals surface area contributed by atoms with E-state index in [0.29, 0.717) is 0 Å². The summed E-state index contributed by atoms with van der Waals surface area (Å²) in [4.78, 5) is 0. The van der Waals surface area contributed by atoms with E-state index in [-0.39, 0.29) is 9.68 Å². The molecule has 2 heteroatoms. The molecule has 0 radical (unpaired) electrons. The van der Waals surface area contributed by atoms with Crippen LogP contribution in [0.2, 0.25) is 0 Å². The van der Waals surface area contributed by atoms with Crippen molar-refractivity contribution in [2.24, 2.45) is 0 Å². The van der Waals surface area contributed by atoms with Crippen molar-refractivity contribution in [1.82, 2.24) is 4.57 Å². The lowest BCUT2D eigenvalue weighted by Crippen LogP contribution is -2.35. The minimum absolute atomic E-state index is 0.234. The summed E-state index contributed by atoms with van der Waals surface area (Å²) in [6.07, 6.45) is 0. The van der Waals surface area contributed by atoms with Crippen LogP contribution in [0.25, 0.3) is 5.57 Å². The van der Waals surface area contributed by atoms with Gasteiger partial charge in [0.2, 0.25) is 0 Å². The Balaban J connectivity index is 2.67. The highest BCUT2D eigenvalue weighted by Gasteiger charge is 2.01. The first kappa shape index (κ1) is 12.2. The van der Waals surface area contributed by atoms with Crippen molar-refractivity contribution in [3.8, 4) is 0 Å². The minimum Gasteiger partial charge on any atom is -0.325 e. The molecule has 1 nitrogen and oxygen atoms in total. The van der Waals surface area contributed by atoms with Gasteiger partial charge in [-0.25, -0.2) is 0 Å². The zero-order valence-corrected chi connectivity index (χ0v) is 11.5. The molecule has 0 aliphatic heterocycles. The summed E-state index contributed by atoms with van der Waals surface area (Å²) >= 11 is 0. The molecule has 1 rings (SSSR count). The van der Waals surface area contributed by atoms with Crippen molar-refractivity contribution in [3.05, 3.63) is 36.4 Å². The summed E-state index contributed by atoms with van der Waals surface area (Å²) in [7, 11) is -0.234. The summed E-state index contributed by atoms with van der Waals surface area (Å²) in [5.74, 6) is 0. The Bertz CT molecular complexity index is 312. The van der Waals surface area contributed by atoms with E-state index in [9.17, 15) is 0 Å². The van der Waals surface area contributed by atoms with Gasteiger partial charge in [-0.15, -0.1) is 0 Å². The van der Waals surface area contributed by atoms with Gasteiger partial charge in [-0.2, -0.15) is 0 Å². The summed E-state index contributed by atoms with van der Waals surface area (Å²) in [5.41, 5.74) is 2.40. The molecule has 0 aliphatic carbocycles. The van der Waals surface area contributed by atoms with Crippen LogP contribution in [-0.4, -0.2) is 27.3 Å². The normalized spacial score (nSPS) is 11.5. The van der Waals surface area contributed by atoms with E-state index in [1.54, 1.807) is 0 Å². The van der Waals surface area contributed by atoms with Gasteiger partial charge in [0.25, 0.3) is 0 Å². The Morgan fingerprint density at radius 3 is 2.13 bits per heavy atom. The third-order valence-electron chi connectivity index (χ3n) is 2.75. The molecule has 0 spiro atoms. The monoisotopic (exact) mass is 219 g/mol. The molecule has 0 bridgehead atoms. The first-order valence-electron chi connectivity index (χ1n) is 5.64. The van der Waals surface area contributed by atoms with E-state index in [2.05, 4.69) is 56.2 Å². The summed E-state index contributed by atoms with van der Waals surface area (Å²) in [5, 5.41) is 1.52. The van der Waals surface area contributed by atoms with Crippen LogP contribution in [0.3, 0.4) is 0 Å². The molecule has 0 amide bonds. The van der Waals surface area contributed by atoms with Gasteiger partial charge in [0.15, 0.2) is 0 Å². The molecule has 0 N–H and O–H groups in total. The molecule has 1 aromatic rings. The van der Waals surface area contributed by atoms with E-state index in [4.69, 9.17) is 0 Å². The lowest BCUT2D eigenvalue weighted by atomic mass is 10.1. The van der Waals surface area contributed by atoms with Gasteiger partial charge >= 0.3 is 0 Å². The van der Waals surface area contributed by atoms with Crippen LogP contribution in [0.1, 0.15) is 26.3 Å². The lowest BCUT2D eigenvalue weighted by molar-refractivity contribution is 0.498. The first-order chi connectivity index (χ1) is 7.17. The smallest absolute Gasteiger partial charge is 0.127 e. The third-order valence-corrected chi connectivity index (χ3v) is 4.93. The van der Waals surface area contributed by atoms with Gasteiger partial charge in [0.05, 0.1) is 0 Å². The fraction of sp³-hybridized carbons (Fsp3) is 0.385. The zero-order chi connectivity index (χ0) is 11.3. The largest absolute Gasteiger partial charge is 0.325 e. The average Bonchev–Trinajstić information content (AvgIpc) is 2.26. The predicted octanol–water partition coefficient (Wildman–Crippen LogP) is 1.77. The highest BCUT2D eigenvalue weighted by Crippen LogP contribution is 2.08. The Kier molecular flexibility index (Phi) is 4.79. The number of hydrogen-bond donors (Lipinski definition) is 0. The lowest BCUT2D eigenvalue weighted by Gasteiger charge is -2.17. The van der Waals surface area contributed by atoms with Crippen molar-refractivity contribution in [2.75, 3.05) is 13.1 Å². The topological polar surface area (TPSA) is 3.24 Å². The van der Waals surface area contributed by atoms with Gasteiger partial charge in [-0.05, 0) is 30.8 Å². The molecule has 0 saturated carbocycles. The van der Waals surface area contributed by atoms with Crippen molar-refractivity contribution < 1.29 is 0 Å². The standard InChI is InChI=1S/C13H21NSi/c1-5-14(6-2)15-13-9-7-12(8-10-13)11(3)4/h7-10H,3,5-6,15H2,1-2,4H3. The number of nitrogens with zero attached hydrogens (tertiary/aromatic N) is 1. The Labute approximate surface area is 95.7 Å². The molecule has 15 heavy (non-hydrogen) atoms. The SMILES string of the molecule is C=C(C)c1ccc([SiH2]N(CC)CC)cc1. The Morgan fingerprint density at radius 2 is 1.73 bits per heavy atom. The maximum absolute atomic E-state index is 3.95. The molecule has 82 valence electrons. The highest BCUT2D eigenvalue weighted by atomic mass is 28.2. The molecule has 1 aromatic carbocycles. The second-order valence-electron chi connectivity index (χ2n) is 3.94. The van der Waals surface area contributed by atoms with Crippen molar-refractivity contribution in [1.29, 1.82) is 0 Å². The van der Waals surface area contributed by atoms with Crippen LogP contribution >= 0.6 is 0 Å². The van der Waals surface area contributed by atoms with Gasteiger partial charge in [0, 0.05) is 0 Å². The van der Waals surface area contributed by atoms with E-state index < -0.39 is 0 Å². The molecule has 0 atom stereocenters. The second-order valence-corrected chi connectivity index (χ2v) is 5.97. The van der Waals surface area contributed by atoms with Crippen LogP contribution in [0.5, 0.6) is 0 Å². The van der Waals surface area contributed by atoms with E-state index in [0.717, 1.165) is 5.57 Å².